The summed E-state index contributed by atoms with van der Waals surface area (Å²) < 4.78 is 9.57. The summed E-state index contributed by atoms with van der Waals surface area (Å²) in [5.41, 5.74) is 1.06. The third kappa shape index (κ3) is 3.97. The van der Waals surface area contributed by atoms with Crippen LogP contribution in [0.25, 0.3) is 10.9 Å². The highest BCUT2D eigenvalue weighted by Gasteiger charge is 2.40. The number of fused-ring (bicyclic) bond motifs is 1. The van der Waals surface area contributed by atoms with Crippen molar-refractivity contribution >= 4 is 46.8 Å². The summed E-state index contributed by atoms with van der Waals surface area (Å²) in [6, 6.07) is 2.30. The molecule has 1 saturated carbocycles. The molecule has 4 nitrogen and oxygen atoms in total. The molecule has 0 saturated heterocycles. The highest BCUT2D eigenvalue weighted by Crippen LogP contribution is 2.41. The van der Waals surface area contributed by atoms with Gasteiger partial charge < -0.3 is 4.43 Å². The Morgan fingerprint density at radius 3 is 2.48 bits per heavy atom. The molecule has 0 unspecified atom stereocenters. The predicted octanol–water partition coefficient (Wildman–Crippen LogP) is 6.35. The van der Waals surface area contributed by atoms with Crippen molar-refractivity contribution in [1.82, 2.24) is 14.8 Å². The average molecular weight is 445 g/mol. The van der Waals surface area contributed by atoms with Crippen molar-refractivity contribution in [2.24, 2.45) is 0 Å². The van der Waals surface area contributed by atoms with Crippen LogP contribution in [0.5, 0.6) is 0 Å². The lowest BCUT2D eigenvalue weighted by Gasteiger charge is -2.41. The van der Waals surface area contributed by atoms with Gasteiger partial charge in [0, 0.05) is 18.4 Å². The van der Waals surface area contributed by atoms with Crippen LogP contribution >= 0.6 is 27.5 Å². The zero-order valence-electron chi connectivity index (χ0n) is 15.6. The molecule has 0 atom stereocenters. The van der Waals surface area contributed by atoms with Crippen LogP contribution in [0, 0.1) is 0 Å². The Kier molecular flexibility index (Phi) is 5.37. The fraction of sp³-hybridized carbons (Fsp3) is 0.667. The van der Waals surface area contributed by atoms with Crippen LogP contribution in [0.3, 0.4) is 0 Å². The van der Waals surface area contributed by atoms with Gasteiger partial charge in [-0.2, -0.15) is 5.10 Å². The second-order valence-electron chi connectivity index (χ2n) is 8.57. The number of pyridine rings is 1. The van der Waals surface area contributed by atoms with E-state index < -0.39 is 8.32 Å². The third-order valence-corrected chi connectivity index (χ3v) is 11.1. The maximum atomic E-state index is 6.61. The smallest absolute Gasteiger partial charge is 0.192 e. The van der Waals surface area contributed by atoms with Crippen molar-refractivity contribution in [1.29, 1.82) is 0 Å². The van der Waals surface area contributed by atoms with Gasteiger partial charge in [0.1, 0.15) is 9.76 Å². The van der Waals surface area contributed by atoms with Gasteiger partial charge in [-0.05, 0) is 59.7 Å². The van der Waals surface area contributed by atoms with E-state index in [0.717, 1.165) is 41.2 Å². The minimum atomic E-state index is -1.70. The monoisotopic (exact) mass is 443 g/mol. The molecule has 0 N–H and O–H groups in total. The normalized spacial score (nSPS) is 22.5. The van der Waals surface area contributed by atoms with E-state index in [2.05, 4.69) is 59.5 Å². The first-order valence-corrected chi connectivity index (χ1v) is 13.0. The molecule has 3 rings (SSSR count). The molecule has 0 spiro atoms. The van der Waals surface area contributed by atoms with E-state index in [9.17, 15) is 0 Å². The summed E-state index contributed by atoms with van der Waals surface area (Å²) in [5, 5.41) is 6.48. The van der Waals surface area contributed by atoms with Gasteiger partial charge in [-0.1, -0.05) is 32.4 Å². The molecule has 2 aromatic heterocycles. The molecule has 1 aliphatic rings. The molecule has 1 aliphatic carbocycles. The van der Waals surface area contributed by atoms with Gasteiger partial charge >= 0.3 is 0 Å². The van der Waals surface area contributed by atoms with E-state index >= 15 is 0 Å². The van der Waals surface area contributed by atoms with Gasteiger partial charge in [0.15, 0.2) is 8.32 Å². The summed E-state index contributed by atoms with van der Waals surface area (Å²) in [6.07, 6.45) is 6.53. The summed E-state index contributed by atoms with van der Waals surface area (Å²) in [7, 11) is -1.70. The Morgan fingerprint density at radius 2 is 1.88 bits per heavy atom. The number of hydrogen-bond donors (Lipinski definition) is 0. The highest BCUT2D eigenvalue weighted by molar-refractivity contribution is 9.10. The van der Waals surface area contributed by atoms with Crippen LogP contribution in [0.15, 0.2) is 16.9 Å². The van der Waals surface area contributed by atoms with E-state index in [1.165, 1.54) is 0 Å². The summed E-state index contributed by atoms with van der Waals surface area (Å²) in [4.78, 5) is 4.17. The van der Waals surface area contributed by atoms with E-state index in [0.29, 0.717) is 17.3 Å². The molecule has 0 radical (unpaired) electrons. The average Bonchev–Trinajstić information content (AvgIpc) is 2.83. The van der Waals surface area contributed by atoms with Crippen molar-refractivity contribution in [3.63, 3.8) is 0 Å². The lowest BCUT2D eigenvalue weighted by molar-refractivity contribution is 0.116. The number of nitrogens with zero attached hydrogens (tertiary/aromatic N) is 3. The van der Waals surface area contributed by atoms with Crippen LogP contribution in [0.1, 0.15) is 52.5 Å². The third-order valence-electron chi connectivity index (χ3n) is 5.77. The maximum absolute atomic E-state index is 6.61. The molecular weight excluding hydrogens is 418 g/mol. The highest BCUT2D eigenvalue weighted by atomic mass is 79.9. The van der Waals surface area contributed by atoms with E-state index in [1.807, 2.05) is 6.07 Å². The first-order valence-electron chi connectivity index (χ1n) is 8.95. The van der Waals surface area contributed by atoms with Gasteiger partial charge in [0.2, 0.25) is 0 Å². The molecule has 0 bridgehead atoms. The second kappa shape index (κ2) is 6.95. The maximum Gasteiger partial charge on any atom is 0.192 e. The lowest BCUT2D eigenvalue weighted by atomic mass is 9.93. The van der Waals surface area contributed by atoms with Crippen LogP contribution in [-0.4, -0.2) is 29.2 Å². The largest absolute Gasteiger partial charge is 0.414 e. The molecule has 7 heteroatoms. The van der Waals surface area contributed by atoms with Crippen LogP contribution in [0.2, 0.25) is 23.3 Å². The van der Waals surface area contributed by atoms with Gasteiger partial charge in [0.25, 0.3) is 0 Å². The van der Waals surface area contributed by atoms with Crippen LogP contribution in [-0.2, 0) is 4.43 Å². The Labute approximate surface area is 164 Å². The molecule has 2 heterocycles. The molecule has 0 aliphatic heterocycles. The van der Waals surface area contributed by atoms with Gasteiger partial charge in [-0.25, -0.2) is 4.98 Å². The van der Waals surface area contributed by atoms with Crippen molar-refractivity contribution in [3.05, 3.63) is 22.0 Å². The van der Waals surface area contributed by atoms with E-state index in [4.69, 9.17) is 21.1 Å². The zero-order valence-corrected chi connectivity index (χ0v) is 19.0. The van der Waals surface area contributed by atoms with Crippen molar-refractivity contribution in [2.75, 3.05) is 0 Å². The van der Waals surface area contributed by atoms with Crippen LogP contribution < -0.4 is 0 Å². The van der Waals surface area contributed by atoms with E-state index in [1.54, 1.807) is 6.20 Å². The summed E-state index contributed by atoms with van der Waals surface area (Å²) in [6.45, 7) is 11.6. The molecule has 0 aromatic carbocycles. The number of rotatable bonds is 3. The fourth-order valence-corrected chi connectivity index (χ4v) is 5.30. The van der Waals surface area contributed by atoms with Crippen molar-refractivity contribution in [3.8, 4) is 0 Å². The van der Waals surface area contributed by atoms with E-state index in [-0.39, 0.29) is 5.04 Å². The lowest BCUT2D eigenvalue weighted by Crippen LogP contribution is -2.44. The molecule has 138 valence electrons. The Hall–Kier alpha value is -0.433. The first kappa shape index (κ1) is 19.3. The topological polar surface area (TPSA) is 39.9 Å². The second-order valence-corrected chi connectivity index (χ2v) is 14.5. The Morgan fingerprint density at radius 1 is 1.24 bits per heavy atom. The quantitative estimate of drug-likeness (QED) is 0.409. The number of halogens is 2. The van der Waals surface area contributed by atoms with Gasteiger partial charge in [-0.15, -0.1) is 0 Å². The minimum absolute atomic E-state index is 0.261. The Bertz CT molecular complexity index is 764. The van der Waals surface area contributed by atoms with Crippen LogP contribution in [0.4, 0.5) is 0 Å². The number of hydrogen-bond acceptors (Lipinski definition) is 3. The van der Waals surface area contributed by atoms with Gasteiger partial charge in [0.05, 0.1) is 16.9 Å². The van der Waals surface area contributed by atoms with Gasteiger partial charge in [-0.3, -0.25) is 4.68 Å². The fourth-order valence-electron chi connectivity index (χ4n) is 3.25. The summed E-state index contributed by atoms with van der Waals surface area (Å²) >= 11 is 9.64. The van der Waals surface area contributed by atoms with Crippen molar-refractivity contribution in [2.45, 2.75) is 76.7 Å². The number of aromatic nitrogens is 3. The molecule has 1 fully saturated rings. The summed E-state index contributed by atoms with van der Waals surface area (Å²) in [5.74, 6) is 0. The molecular formula is C18H27BrClN3OSi. The Balaban J connectivity index is 1.72. The standard InChI is InChI=1S/C18H27BrClN3OSi/c1-18(2,3)25(4,5)24-13-8-6-12(7-9-13)23-15-10-16(20)21-11-14(15)17(19)22-23/h10-13H,6-9H2,1-5H3. The minimum Gasteiger partial charge on any atom is -0.414 e. The SMILES string of the molecule is CC(C)(C)[Si](C)(C)OC1CCC(n2nc(Br)c3cnc(Cl)cc32)CC1. The zero-order chi connectivity index (χ0) is 18.4. The molecule has 0 amide bonds. The molecule has 2 aromatic rings. The molecule has 25 heavy (non-hydrogen) atoms. The van der Waals surface area contributed by atoms with Crippen molar-refractivity contribution < 1.29 is 4.43 Å². The first-order chi connectivity index (χ1) is 11.6. The predicted molar refractivity (Wildman–Crippen MR) is 110 cm³/mol.